The van der Waals surface area contributed by atoms with Crippen LogP contribution >= 0.6 is 0 Å². The molecule has 4 aromatic rings. The number of nitrogens with zero attached hydrogens (tertiary/aromatic N) is 1. The summed E-state index contributed by atoms with van der Waals surface area (Å²) >= 11 is 0. The number of hydrogen-bond acceptors (Lipinski definition) is 4. The summed E-state index contributed by atoms with van der Waals surface area (Å²) in [5.41, 5.74) is 3.54. The highest BCUT2D eigenvalue weighted by Gasteiger charge is 2.23. The first kappa shape index (κ1) is 21.6. The van der Waals surface area contributed by atoms with Crippen LogP contribution in [0.2, 0.25) is 0 Å². The predicted molar refractivity (Wildman–Crippen MR) is 125 cm³/mol. The zero-order valence-corrected chi connectivity index (χ0v) is 18.7. The maximum absolute atomic E-state index is 13.3. The summed E-state index contributed by atoms with van der Waals surface area (Å²) in [5, 5.41) is 13.9. The molecule has 32 heavy (non-hydrogen) atoms. The van der Waals surface area contributed by atoms with E-state index in [1.165, 1.54) is 4.57 Å². The van der Waals surface area contributed by atoms with Crippen LogP contribution in [0.4, 0.5) is 10.5 Å². The van der Waals surface area contributed by atoms with E-state index in [4.69, 9.17) is 0 Å². The van der Waals surface area contributed by atoms with Crippen molar-refractivity contribution in [2.45, 2.75) is 36.6 Å². The van der Waals surface area contributed by atoms with Crippen molar-refractivity contribution in [3.63, 3.8) is 0 Å². The van der Waals surface area contributed by atoms with Crippen LogP contribution in [0, 0.1) is 6.92 Å². The van der Waals surface area contributed by atoms with Gasteiger partial charge in [0, 0.05) is 11.9 Å². The number of aromatic nitrogens is 1. The lowest BCUT2D eigenvalue weighted by Crippen LogP contribution is -2.13. The van der Waals surface area contributed by atoms with Gasteiger partial charge in [-0.2, -0.15) is 0 Å². The Kier molecular flexibility index (Phi) is 5.76. The zero-order chi connectivity index (χ0) is 22.9. The Bertz CT molecular complexity index is 1400. The van der Waals surface area contributed by atoms with E-state index in [9.17, 15) is 18.3 Å². The van der Waals surface area contributed by atoms with E-state index in [1.807, 2.05) is 26.0 Å². The van der Waals surface area contributed by atoms with E-state index in [0.717, 1.165) is 10.9 Å². The molecular formula is C25H24N2O4S. The van der Waals surface area contributed by atoms with Crippen molar-refractivity contribution in [1.82, 2.24) is 4.57 Å². The second-order valence-corrected chi connectivity index (χ2v) is 9.51. The Morgan fingerprint density at radius 3 is 2.31 bits per heavy atom. The molecule has 0 aliphatic rings. The minimum Gasteiger partial charge on any atom is -0.464 e. The molecule has 7 heteroatoms. The fourth-order valence-corrected chi connectivity index (χ4v) is 5.47. The molecule has 0 spiro atoms. The summed E-state index contributed by atoms with van der Waals surface area (Å²) in [6.45, 7) is 4.05. The minimum atomic E-state index is -3.70. The summed E-state index contributed by atoms with van der Waals surface area (Å²) in [4.78, 5) is 12.4. The largest absolute Gasteiger partial charge is 0.464 e. The molecule has 0 saturated heterocycles. The number of nitrogens with one attached hydrogen (secondary N) is 1. The Morgan fingerprint density at radius 2 is 1.62 bits per heavy atom. The van der Waals surface area contributed by atoms with Gasteiger partial charge in [-0.25, -0.2) is 17.8 Å². The van der Waals surface area contributed by atoms with Crippen molar-refractivity contribution < 1.29 is 18.3 Å². The van der Waals surface area contributed by atoms with E-state index >= 15 is 0 Å². The van der Waals surface area contributed by atoms with Crippen molar-refractivity contribution in [3.8, 4) is 0 Å². The van der Waals surface area contributed by atoms with E-state index in [0.29, 0.717) is 28.9 Å². The molecule has 0 fully saturated rings. The van der Waals surface area contributed by atoms with Crippen LogP contribution in [0.1, 0.15) is 23.7 Å². The first-order valence-electron chi connectivity index (χ1n) is 10.3. The van der Waals surface area contributed by atoms with Crippen LogP contribution in [-0.4, -0.2) is 24.2 Å². The Balaban J connectivity index is 1.75. The molecule has 0 saturated carbocycles. The molecule has 3 aromatic carbocycles. The fourth-order valence-electron chi connectivity index (χ4n) is 3.98. The maximum Gasteiger partial charge on any atom is 0.416 e. The molecule has 0 radical (unpaired) electrons. The van der Waals surface area contributed by atoms with Crippen molar-refractivity contribution in [2.75, 3.05) is 5.32 Å². The third kappa shape index (κ3) is 3.76. The molecule has 0 atom stereocenters. The maximum atomic E-state index is 13.3. The van der Waals surface area contributed by atoms with Gasteiger partial charge in [0.05, 0.1) is 26.7 Å². The van der Waals surface area contributed by atoms with E-state index in [2.05, 4.69) is 5.32 Å². The summed E-state index contributed by atoms with van der Waals surface area (Å²) in [6.07, 6.45) is -0.541. The summed E-state index contributed by atoms with van der Waals surface area (Å²) in [5.74, 6) is 0. The number of fused-ring (bicyclic) bond motifs is 1. The number of anilines is 1. The second kappa shape index (κ2) is 8.51. The fraction of sp³-hybridized carbons (Fsp3) is 0.160. The first-order chi connectivity index (χ1) is 15.3. The standard InChI is InChI=1S/C25H24N2O4S/c1-3-21-24(20-9-5-6-10-22(20)27(21)25(28)29)26-16-18-8-4-7-11-23(18)32(30,31)19-14-12-17(2)13-15-19/h4-15,26H,3,16H2,1-2H3,(H,28,29). The molecule has 0 aliphatic heterocycles. The summed E-state index contributed by atoms with van der Waals surface area (Å²) < 4.78 is 27.9. The lowest BCUT2D eigenvalue weighted by Gasteiger charge is -2.13. The zero-order valence-electron chi connectivity index (χ0n) is 17.9. The molecular weight excluding hydrogens is 424 g/mol. The van der Waals surface area contributed by atoms with E-state index < -0.39 is 15.9 Å². The van der Waals surface area contributed by atoms with Crippen molar-refractivity contribution in [3.05, 3.63) is 89.6 Å². The van der Waals surface area contributed by atoms with Gasteiger partial charge in [-0.15, -0.1) is 0 Å². The molecule has 2 N–H and O–H groups in total. The summed E-state index contributed by atoms with van der Waals surface area (Å²) in [7, 11) is -3.70. The van der Waals surface area contributed by atoms with Gasteiger partial charge < -0.3 is 10.4 Å². The van der Waals surface area contributed by atoms with Gasteiger partial charge in [-0.3, -0.25) is 0 Å². The number of carbonyl (C=O) groups is 1. The van der Waals surface area contributed by atoms with Gasteiger partial charge in [0.15, 0.2) is 0 Å². The number of benzene rings is 3. The van der Waals surface area contributed by atoms with Crippen molar-refractivity contribution in [1.29, 1.82) is 0 Å². The van der Waals surface area contributed by atoms with Gasteiger partial charge in [-0.1, -0.05) is 61.0 Å². The quantitative estimate of drug-likeness (QED) is 0.408. The smallest absolute Gasteiger partial charge is 0.416 e. The molecule has 1 aromatic heterocycles. The van der Waals surface area contributed by atoms with Crippen molar-refractivity contribution in [2.24, 2.45) is 0 Å². The third-order valence-corrected chi connectivity index (χ3v) is 7.42. The number of sulfone groups is 1. The highest BCUT2D eigenvalue weighted by atomic mass is 32.2. The summed E-state index contributed by atoms with van der Waals surface area (Å²) in [6, 6.07) is 21.0. The number of rotatable bonds is 6. The molecule has 4 rings (SSSR count). The van der Waals surface area contributed by atoms with Gasteiger partial charge in [0.1, 0.15) is 0 Å². The van der Waals surface area contributed by atoms with E-state index in [1.54, 1.807) is 60.7 Å². The van der Waals surface area contributed by atoms with Crippen LogP contribution in [0.25, 0.3) is 10.9 Å². The molecule has 0 unspecified atom stereocenters. The highest BCUT2D eigenvalue weighted by molar-refractivity contribution is 7.91. The normalized spacial score (nSPS) is 11.6. The minimum absolute atomic E-state index is 0.233. The topological polar surface area (TPSA) is 88.4 Å². The van der Waals surface area contributed by atoms with Gasteiger partial charge in [-0.05, 0) is 43.2 Å². The van der Waals surface area contributed by atoms with Gasteiger partial charge in [0.2, 0.25) is 9.84 Å². The lowest BCUT2D eigenvalue weighted by atomic mass is 10.1. The average Bonchev–Trinajstić information content (AvgIpc) is 3.12. The van der Waals surface area contributed by atoms with Crippen molar-refractivity contribution >= 4 is 32.5 Å². The first-order valence-corrected chi connectivity index (χ1v) is 11.8. The molecule has 0 bridgehead atoms. The number of aryl methyl sites for hydroxylation is 1. The van der Waals surface area contributed by atoms with Crippen LogP contribution in [0.5, 0.6) is 0 Å². The van der Waals surface area contributed by atoms with Gasteiger partial charge in [0.25, 0.3) is 0 Å². The monoisotopic (exact) mass is 448 g/mol. The Hall–Kier alpha value is -3.58. The van der Waals surface area contributed by atoms with E-state index in [-0.39, 0.29) is 16.3 Å². The molecule has 0 aliphatic carbocycles. The predicted octanol–water partition coefficient (Wildman–Crippen LogP) is 5.48. The van der Waals surface area contributed by atoms with Crippen LogP contribution in [-0.2, 0) is 22.8 Å². The van der Waals surface area contributed by atoms with Crippen LogP contribution in [0.15, 0.2) is 82.6 Å². The molecule has 164 valence electrons. The number of para-hydroxylation sites is 1. The third-order valence-electron chi connectivity index (χ3n) is 5.55. The molecule has 0 amide bonds. The Labute approximate surface area is 187 Å². The SMILES string of the molecule is CCc1c(NCc2ccccc2S(=O)(=O)c2ccc(C)cc2)c2ccccc2n1C(=O)O. The molecule has 6 nitrogen and oxygen atoms in total. The lowest BCUT2D eigenvalue weighted by molar-refractivity contribution is 0.197. The number of hydrogen-bond donors (Lipinski definition) is 2. The highest BCUT2D eigenvalue weighted by Crippen LogP contribution is 2.33. The average molecular weight is 449 g/mol. The van der Waals surface area contributed by atoms with Crippen LogP contribution < -0.4 is 5.32 Å². The van der Waals surface area contributed by atoms with Crippen LogP contribution in [0.3, 0.4) is 0 Å². The molecule has 1 heterocycles. The second-order valence-electron chi connectivity index (χ2n) is 7.59. The van der Waals surface area contributed by atoms with Gasteiger partial charge >= 0.3 is 6.09 Å². The number of carboxylic acid groups (broad SMARTS) is 1. The Morgan fingerprint density at radius 1 is 0.969 bits per heavy atom.